The van der Waals surface area contributed by atoms with E-state index in [1.165, 1.54) is 11.1 Å². The first-order chi connectivity index (χ1) is 11.1. The van der Waals surface area contributed by atoms with Crippen molar-refractivity contribution in [2.45, 2.75) is 37.6 Å². The second-order valence-corrected chi connectivity index (χ2v) is 8.87. The van der Waals surface area contributed by atoms with E-state index in [9.17, 15) is 8.42 Å². The van der Waals surface area contributed by atoms with Crippen LogP contribution in [0.25, 0.3) is 0 Å². The fourth-order valence-electron chi connectivity index (χ4n) is 3.47. The summed E-state index contributed by atoms with van der Waals surface area (Å²) in [6.07, 6.45) is 6.22. The first-order valence-electron chi connectivity index (χ1n) is 8.38. The number of pyridine rings is 1. The highest BCUT2D eigenvalue weighted by Crippen LogP contribution is 2.34. The molecule has 0 atom stereocenters. The third-order valence-electron chi connectivity index (χ3n) is 5.00. The van der Waals surface area contributed by atoms with Gasteiger partial charge in [0.05, 0.1) is 18.5 Å². The van der Waals surface area contributed by atoms with Gasteiger partial charge in [0.15, 0.2) is 0 Å². The van der Waals surface area contributed by atoms with Crippen LogP contribution in [-0.2, 0) is 34.3 Å². The molecule has 1 aromatic rings. The fourth-order valence-corrected chi connectivity index (χ4v) is 5.29. The Morgan fingerprint density at radius 1 is 1.17 bits per heavy atom. The minimum atomic E-state index is -3.09. The minimum absolute atomic E-state index is 0.131. The van der Waals surface area contributed by atoms with E-state index >= 15 is 0 Å². The first-order valence-corrected chi connectivity index (χ1v) is 9.88. The molecule has 0 radical (unpaired) electrons. The molecular formula is C16H23N3O3S. The molecule has 0 N–H and O–H groups in total. The lowest BCUT2D eigenvalue weighted by Gasteiger charge is -2.31. The molecule has 7 heteroatoms. The van der Waals surface area contributed by atoms with Gasteiger partial charge in [0.2, 0.25) is 10.0 Å². The molecule has 1 aromatic heterocycles. The molecule has 0 unspecified atom stereocenters. The van der Waals surface area contributed by atoms with Crippen LogP contribution in [0.15, 0.2) is 12.4 Å². The van der Waals surface area contributed by atoms with E-state index in [1.807, 2.05) is 12.4 Å². The van der Waals surface area contributed by atoms with Crippen LogP contribution in [0.2, 0.25) is 0 Å². The van der Waals surface area contributed by atoms with E-state index < -0.39 is 10.0 Å². The average Bonchev–Trinajstić information content (AvgIpc) is 3.41. The largest absolute Gasteiger partial charge is 0.379 e. The number of hydrogen-bond acceptors (Lipinski definition) is 5. The van der Waals surface area contributed by atoms with Gasteiger partial charge in [-0.25, -0.2) is 8.42 Å². The molecule has 3 aliphatic rings. The highest BCUT2D eigenvalue weighted by molar-refractivity contribution is 7.90. The smallest absolute Gasteiger partial charge is 0.217 e. The SMILES string of the molecule is O=S(=O)(C1CC1)N1CCc2c(CN3CCOCC3)cncc2C1. The number of fused-ring (bicyclic) bond motifs is 1. The van der Waals surface area contributed by atoms with E-state index in [0.29, 0.717) is 13.1 Å². The second kappa shape index (κ2) is 6.12. The standard InChI is InChI=1S/C16H23N3O3S/c20-23(21,15-1-2-15)19-4-3-16-13(9-17-10-14(16)12-19)11-18-5-7-22-8-6-18/h9-10,15H,1-8,11-12H2. The number of ether oxygens (including phenoxy) is 1. The number of sulfonamides is 1. The Morgan fingerprint density at radius 2 is 1.96 bits per heavy atom. The zero-order valence-corrected chi connectivity index (χ0v) is 14.1. The number of morpholine rings is 1. The summed E-state index contributed by atoms with van der Waals surface area (Å²) >= 11 is 0. The Hall–Kier alpha value is -1.02. The van der Waals surface area contributed by atoms with Crippen molar-refractivity contribution < 1.29 is 13.2 Å². The molecule has 3 heterocycles. The van der Waals surface area contributed by atoms with Gasteiger partial charge < -0.3 is 4.74 Å². The Kier molecular flexibility index (Phi) is 4.13. The Morgan fingerprint density at radius 3 is 2.70 bits per heavy atom. The summed E-state index contributed by atoms with van der Waals surface area (Å²) in [6, 6.07) is 0. The molecule has 1 aliphatic carbocycles. The van der Waals surface area contributed by atoms with Crippen LogP contribution in [0.1, 0.15) is 29.5 Å². The number of nitrogens with zero attached hydrogens (tertiary/aromatic N) is 3. The summed E-state index contributed by atoms with van der Waals surface area (Å²) in [5, 5.41) is -0.131. The summed E-state index contributed by atoms with van der Waals surface area (Å²) < 4.78 is 31.9. The summed E-state index contributed by atoms with van der Waals surface area (Å²) in [7, 11) is -3.09. The second-order valence-electron chi connectivity index (χ2n) is 6.65. The molecule has 2 fully saturated rings. The van der Waals surface area contributed by atoms with Crippen molar-refractivity contribution in [3.63, 3.8) is 0 Å². The zero-order chi connectivity index (χ0) is 15.9. The van der Waals surface area contributed by atoms with Gasteiger partial charge in [-0.2, -0.15) is 4.31 Å². The van der Waals surface area contributed by atoms with E-state index in [1.54, 1.807) is 4.31 Å². The summed E-state index contributed by atoms with van der Waals surface area (Å²) in [4.78, 5) is 6.74. The molecule has 2 aliphatic heterocycles. The Labute approximate surface area is 137 Å². The Balaban J connectivity index is 1.52. The van der Waals surface area contributed by atoms with E-state index in [4.69, 9.17) is 4.74 Å². The predicted molar refractivity (Wildman–Crippen MR) is 86.4 cm³/mol. The van der Waals surface area contributed by atoms with Crippen molar-refractivity contribution in [2.24, 2.45) is 0 Å². The number of aromatic nitrogens is 1. The lowest BCUT2D eigenvalue weighted by atomic mass is 9.98. The van der Waals surface area contributed by atoms with Crippen LogP contribution >= 0.6 is 0 Å². The fraction of sp³-hybridized carbons (Fsp3) is 0.688. The van der Waals surface area contributed by atoms with Gasteiger partial charge in [-0.15, -0.1) is 0 Å². The molecule has 6 nitrogen and oxygen atoms in total. The van der Waals surface area contributed by atoms with Crippen LogP contribution in [0.5, 0.6) is 0 Å². The molecule has 0 bridgehead atoms. The van der Waals surface area contributed by atoms with E-state index in [-0.39, 0.29) is 5.25 Å². The van der Waals surface area contributed by atoms with Crippen LogP contribution in [0, 0.1) is 0 Å². The van der Waals surface area contributed by atoms with Gasteiger partial charge in [-0.05, 0) is 36.0 Å². The normalized spacial score (nSPS) is 23.7. The van der Waals surface area contributed by atoms with Gasteiger partial charge >= 0.3 is 0 Å². The molecular weight excluding hydrogens is 314 g/mol. The van der Waals surface area contributed by atoms with E-state index in [2.05, 4.69) is 9.88 Å². The summed E-state index contributed by atoms with van der Waals surface area (Å²) in [5.41, 5.74) is 3.62. The Bertz CT molecular complexity index is 682. The highest BCUT2D eigenvalue weighted by Gasteiger charge is 2.41. The molecule has 1 saturated heterocycles. The zero-order valence-electron chi connectivity index (χ0n) is 13.3. The molecule has 126 valence electrons. The van der Waals surface area contributed by atoms with Crippen LogP contribution in [-0.4, -0.2) is 60.7 Å². The molecule has 0 aromatic carbocycles. The van der Waals surface area contributed by atoms with Crippen molar-refractivity contribution in [1.82, 2.24) is 14.2 Å². The third-order valence-corrected chi connectivity index (χ3v) is 7.34. The predicted octanol–water partition coefficient (Wildman–Crippen LogP) is 0.764. The maximum Gasteiger partial charge on any atom is 0.217 e. The van der Waals surface area contributed by atoms with Gasteiger partial charge in [-0.1, -0.05) is 0 Å². The molecule has 23 heavy (non-hydrogen) atoms. The van der Waals surface area contributed by atoms with Crippen LogP contribution in [0.3, 0.4) is 0 Å². The van der Waals surface area contributed by atoms with Crippen molar-refractivity contribution in [1.29, 1.82) is 0 Å². The van der Waals surface area contributed by atoms with Gasteiger partial charge in [-0.3, -0.25) is 9.88 Å². The molecule has 0 spiro atoms. The van der Waals surface area contributed by atoms with Crippen molar-refractivity contribution in [3.05, 3.63) is 29.1 Å². The third kappa shape index (κ3) is 3.15. The molecule has 0 amide bonds. The maximum absolute atomic E-state index is 12.4. The van der Waals surface area contributed by atoms with Crippen molar-refractivity contribution in [3.8, 4) is 0 Å². The molecule has 4 rings (SSSR count). The van der Waals surface area contributed by atoms with Crippen molar-refractivity contribution >= 4 is 10.0 Å². The number of rotatable bonds is 4. The summed E-state index contributed by atoms with van der Waals surface area (Å²) in [5.74, 6) is 0. The van der Waals surface area contributed by atoms with Gasteiger partial charge in [0.25, 0.3) is 0 Å². The van der Waals surface area contributed by atoms with Crippen molar-refractivity contribution in [2.75, 3.05) is 32.8 Å². The number of hydrogen-bond donors (Lipinski definition) is 0. The van der Waals surface area contributed by atoms with Gasteiger partial charge in [0.1, 0.15) is 0 Å². The first kappa shape index (κ1) is 15.5. The topological polar surface area (TPSA) is 62.7 Å². The monoisotopic (exact) mass is 337 g/mol. The van der Waals surface area contributed by atoms with Crippen LogP contribution < -0.4 is 0 Å². The quantitative estimate of drug-likeness (QED) is 0.812. The maximum atomic E-state index is 12.4. The highest BCUT2D eigenvalue weighted by atomic mass is 32.2. The van der Waals surface area contributed by atoms with Gasteiger partial charge in [0, 0.05) is 45.1 Å². The average molecular weight is 337 g/mol. The van der Waals surface area contributed by atoms with E-state index in [0.717, 1.165) is 57.7 Å². The minimum Gasteiger partial charge on any atom is -0.379 e. The summed E-state index contributed by atoms with van der Waals surface area (Å²) in [6.45, 7) is 5.45. The lowest BCUT2D eigenvalue weighted by Crippen LogP contribution is -2.39. The molecule has 1 saturated carbocycles. The van der Waals surface area contributed by atoms with Crippen LogP contribution in [0.4, 0.5) is 0 Å². The lowest BCUT2D eigenvalue weighted by molar-refractivity contribution is 0.0340.